The third-order valence-electron chi connectivity index (χ3n) is 4.47. The first kappa shape index (κ1) is 18.8. The summed E-state index contributed by atoms with van der Waals surface area (Å²) in [5, 5.41) is 15.3. The molecule has 140 valence electrons. The van der Waals surface area contributed by atoms with Gasteiger partial charge in [-0.25, -0.2) is 0 Å². The fourth-order valence-corrected chi connectivity index (χ4v) is 2.86. The van der Waals surface area contributed by atoms with Gasteiger partial charge in [-0.2, -0.15) is 4.80 Å². The molecular weight excluding hydrogens is 338 g/mol. The molecule has 0 radical (unpaired) electrons. The van der Waals surface area contributed by atoms with E-state index in [1.807, 2.05) is 37.3 Å². The van der Waals surface area contributed by atoms with E-state index < -0.39 is 0 Å². The summed E-state index contributed by atoms with van der Waals surface area (Å²) in [4.78, 5) is 13.6. The molecule has 6 nitrogen and oxygen atoms in total. The Morgan fingerprint density at radius 3 is 2.52 bits per heavy atom. The maximum absolute atomic E-state index is 12.2. The molecule has 27 heavy (non-hydrogen) atoms. The van der Waals surface area contributed by atoms with Gasteiger partial charge in [-0.3, -0.25) is 4.79 Å². The van der Waals surface area contributed by atoms with Gasteiger partial charge in [0.2, 0.25) is 11.7 Å². The maximum atomic E-state index is 12.2. The van der Waals surface area contributed by atoms with Crippen molar-refractivity contribution in [3.8, 4) is 11.4 Å². The first-order valence-electron chi connectivity index (χ1n) is 9.34. The van der Waals surface area contributed by atoms with Crippen LogP contribution in [-0.4, -0.2) is 32.2 Å². The molecule has 1 N–H and O–H groups in total. The molecule has 1 heterocycles. The Kier molecular flexibility index (Phi) is 6.30. The third kappa shape index (κ3) is 5.48. The fraction of sp³-hybridized carbons (Fsp3) is 0.333. The molecule has 0 fully saturated rings. The highest BCUT2D eigenvalue weighted by molar-refractivity contribution is 5.75. The van der Waals surface area contributed by atoms with Gasteiger partial charge in [-0.15, -0.1) is 10.2 Å². The number of tetrazole rings is 1. The molecule has 0 bridgehead atoms. The van der Waals surface area contributed by atoms with Crippen LogP contribution < -0.4 is 5.32 Å². The Morgan fingerprint density at radius 2 is 1.81 bits per heavy atom. The zero-order chi connectivity index (χ0) is 19.1. The summed E-state index contributed by atoms with van der Waals surface area (Å²) in [7, 11) is 0. The summed E-state index contributed by atoms with van der Waals surface area (Å²) in [6, 6.07) is 18.4. The van der Waals surface area contributed by atoms with Crippen LogP contribution >= 0.6 is 0 Å². The minimum Gasteiger partial charge on any atom is -0.352 e. The van der Waals surface area contributed by atoms with Crippen LogP contribution in [0.5, 0.6) is 0 Å². The normalized spacial score (nSPS) is 11.9. The van der Waals surface area contributed by atoms with Crippen molar-refractivity contribution >= 4 is 5.91 Å². The minimum atomic E-state index is -0.110. The highest BCUT2D eigenvalue weighted by Gasteiger charge is 2.12. The first-order chi connectivity index (χ1) is 13.1. The molecule has 1 aromatic heterocycles. The van der Waals surface area contributed by atoms with Gasteiger partial charge in [0.15, 0.2) is 0 Å². The van der Waals surface area contributed by atoms with Gasteiger partial charge in [0.05, 0.1) is 0 Å². The zero-order valence-corrected chi connectivity index (χ0v) is 15.8. The smallest absolute Gasteiger partial charge is 0.243 e. The Balaban J connectivity index is 1.49. The Hall–Kier alpha value is -3.02. The van der Waals surface area contributed by atoms with Crippen LogP contribution in [0.3, 0.4) is 0 Å². The summed E-state index contributed by atoms with van der Waals surface area (Å²) in [6.07, 6.45) is 2.81. The molecule has 0 saturated carbocycles. The lowest BCUT2D eigenvalue weighted by Gasteiger charge is -2.13. The first-order valence-corrected chi connectivity index (χ1v) is 9.34. The summed E-state index contributed by atoms with van der Waals surface area (Å²) in [5.41, 5.74) is 3.43. The number of aromatic nitrogens is 4. The van der Waals surface area contributed by atoms with E-state index in [1.165, 1.54) is 15.9 Å². The fourth-order valence-electron chi connectivity index (χ4n) is 2.86. The molecule has 1 amide bonds. The lowest BCUT2D eigenvalue weighted by Crippen LogP contribution is -2.35. The van der Waals surface area contributed by atoms with Gasteiger partial charge in [-0.05, 0) is 42.5 Å². The molecule has 0 saturated heterocycles. The van der Waals surface area contributed by atoms with Crippen molar-refractivity contribution in [1.29, 1.82) is 0 Å². The van der Waals surface area contributed by atoms with Crippen LogP contribution in [0.25, 0.3) is 11.4 Å². The quantitative estimate of drug-likeness (QED) is 0.668. The van der Waals surface area contributed by atoms with Crippen LogP contribution in [-0.2, 0) is 24.2 Å². The number of amides is 1. The van der Waals surface area contributed by atoms with Crippen molar-refractivity contribution in [2.24, 2.45) is 0 Å². The molecule has 1 atom stereocenters. The summed E-state index contributed by atoms with van der Waals surface area (Å²) in [6.45, 7) is 4.19. The number of hydrogen-bond acceptors (Lipinski definition) is 4. The minimum absolute atomic E-state index is 0.0652. The van der Waals surface area contributed by atoms with E-state index in [9.17, 15) is 4.79 Å². The van der Waals surface area contributed by atoms with Crippen molar-refractivity contribution in [2.75, 3.05) is 0 Å². The predicted octanol–water partition coefficient (Wildman–Crippen LogP) is 3.04. The molecule has 6 heteroatoms. The van der Waals surface area contributed by atoms with Gasteiger partial charge in [0, 0.05) is 11.6 Å². The van der Waals surface area contributed by atoms with Crippen LogP contribution in [0, 0.1) is 0 Å². The number of nitrogens with one attached hydrogen (secondary N) is 1. The standard InChI is InChI=1S/C21H25N5O/c1-3-17-11-13-19(14-12-17)21-23-25-26(24-21)15-20(27)22-16(2)9-10-18-7-5-4-6-8-18/h4-8,11-14,16H,3,9-10,15H2,1-2H3,(H,22,27)/t16-/m0/s1. The largest absolute Gasteiger partial charge is 0.352 e. The zero-order valence-electron chi connectivity index (χ0n) is 15.8. The second kappa shape index (κ2) is 9.07. The summed E-state index contributed by atoms with van der Waals surface area (Å²) < 4.78 is 0. The molecule has 0 aliphatic carbocycles. The summed E-state index contributed by atoms with van der Waals surface area (Å²) in [5.74, 6) is 0.420. The van der Waals surface area contributed by atoms with Crippen molar-refractivity contribution in [2.45, 2.75) is 45.7 Å². The molecule has 0 spiro atoms. The van der Waals surface area contributed by atoms with E-state index in [0.29, 0.717) is 5.82 Å². The van der Waals surface area contributed by atoms with E-state index in [4.69, 9.17) is 0 Å². The number of carbonyl (C=O) groups is 1. The number of hydrogen-bond donors (Lipinski definition) is 1. The number of benzene rings is 2. The van der Waals surface area contributed by atoms with Gasteiger partial charge in [-0.1, -0.05) is 61.5 Å². The van der Waals surface area contributed by atoms with E-state index in [2.05, 4.69) is 51.9 Å². The number of nitrogens with zero attached hydrogens (tertiary/aromatic N) is 4. The molecule has 3 aromatic rings. The van der Waals surface area contributed by atoms with Crippen molar-refractivity contribution in [3.63, 3.8) is 0 Å². The molecule has 3 rings (SSSR count). The molecular formula is C21H25N5O. The highest BCUT2D eigenvalue weighted by atomic mass is 16.2. The van der Waals surface area contributed by atoms with Crippen LogP contribution in [0.15, 0.2) is 54.6 Å². The molecule has 0 aliphatic rings. The van der Waals surface area contributed by atoms with Crippen LogP contribution in [0.1, 0.15) is 31.4 Å². The van der Waals surface area contributed by atoms with E-state index in [1.54, 1.807) is 0 Å². The average Bonchev–Trinajstić information content (AvgIpc) is 3.15. The van der Waals surface area contributed by atoms with Gasteiger partial charge >= 0.3 is 0 Å². The lowest BCUT2D eigenvalue weighted by molar-refractivity contribution is -0.122. The molecule has 0 unspecified atom stereocenters. The number of rotatable bonds is 8. The van der Waals surface area contributed by atoms with Crippen LogP contribution in [0.4, 0.5) is 0 Å². The highest BCUT2D eigenvalue weighted by Crippen LogP contribution is 2.14. The van der Waals surface area contributed by atoms with Gasteiger partial charge in [0.1, 0.15) is 6.54 Å². The van der Waals surface area contributed by atoms with Gasteiger partial charge in [0.25, 0.3) is 0 Å². The second-order valence-electron chi connectivity index (χ2n) is 6.69. The Bertz CT molecular complexity index is 858. The molecule has 0 aliphatic heterocycles. The van der Waals surface area contributed by atoms with Gasteiger partial charge < -0.3 is 5.32 Å². The van der Waals surface area contributed by atoms with Crippen molar-refractivity contribution < 1.29 is 4.79 Å². The van der Waals surface area contributed by atoms with E-state index in [0.717, 1.165) is 24.8 Å². The number of carbonyl (C=O) groups excluding carboxylic acids is 1. The molecule has 2 aromatic carbocycles. The topological polar surface area (TPSA) is 72.7 Å². The van der Waals surface area contributed by atoms with Crippen molar-refractivity contribution in [1.82, 2.24) is 25.5 Å². The maximum Gasteiger partial charge on any atom is 0.243 e. The van der Waals surface area contributed by atoms with Crippen LogP contribution in [0.2, 0.25) is 0 Å². The predicted molar refractivity (Wildman–Crippen MR) is 105 cm³/mol. The van der Waals surface area contributed by atoms with E-state index >= 15 is 0 Å². The Labute approximate surface area is 159 Å². The SMILES string of the molecule is CCc1ccc(-c2nnn(CC(=O)N[C@@H](C)CCc3ccccc3)n2)cc1. The average molecular weight is 363 g/mol. The van der Waals surface area contributed by atoms with Crippen molar-refractivity contribution in [3.05, 3.63) is 65.7 Å². The second-order valence-corrected chi connectivity index (χ2v) is 6.69. The lowest BCUT2D eigenvalue weighted by atomic mass is 10.1. The van der Waals surface area contributed by atoms with E-state index in [-0.39, 0.29) is 18.5 Å². The Morgan fingerprint density at radius 1 is 1.07 bits per heavy atom. The summed E-state index contributed by atoms with van der Waals surface area (Å²) >= 11 is 0. The number of aryl methyl sites for hydroxylation is 2. The monoisotopic (exact) mass is 363 g/mol. The third-order valence-corrected chi connectivity index (χ3v) is 4.47.